The quantitative estimate of drug-likeness (QED) is 0.783. The van der Waals surface area contributed by atoms with Crippen molar-refractivity contribution in [2.24, 2.45) is 0 Å². The molecule has 0 unspecified atom stereocenters. The Kier molecular flexibility index (Phi) is 2.37. The largest absolute Gasteiger partial charge is 0.295 e. The third-order valence-corrected chi connectivity index (χ3v) is 2.60. The summed E-state index contributed by atoms with van der Waals surface area (Å²) in [5, 5.41) is 11.8. The molecule has 0 radical (unpaired) electrons. The molecule has 0 aliphatic heterocycles. The minimum absolute atomic E-state index is 0.0763. The van der Waals surface area contributed by atoms with Gasteiger partial charge in [0.1, 0.15) is 0 Å². The molecule has 0 fully saturated rings. The highest BCUT2D eigenvalue weighted by Gasteiger charge is 2.07. The van der Waals surface area contributed by atoms with Crippen LogP contribution in [0.25, 0.3) is 5.69 Å². The van der Waals surface area contributed by atoms with E-state index in [0.29, 0.717) is 16.8 Å². The number of nitrogens with one attached hydrogen (secondary N) is 1. The first-order valence-corrected chi connectivity index (χ1v) is 4.92. The summed E-state index contributed by atoms with van der Waals surface area (Å²) in [7, 11) is 0. The van der Waals surface area contributed by atoms with Gasteiger partial charge in [-0.05, 0) is 32.0 Å². The predicted octanol–water partition coefficient (Wildman–Crippen LogP) is 1.65. The van der Waals surface area contributed by atoms with Gasteiger partial charge in [-0.3, -0.25) is 9.89 Å². The first-order valence-electron chi connectivity index (χ1n) is 4.92. The van der Waals surface area contributed by atoms with E-state index in [1.165, 1.54) is 4.68 Å². The molecule has 2 rings (SSSR count). The summed E-state index contributed by atoms with van der Waals surface area (Å²) in [6, 6.07) is 8.98. The highest BCUT2D eigenvalue weighted by atomic mass is 16.1. The Bertz CT molecular complexity index is 628. The summed E-state index contributed by atoms with van der Waals surface area (Å²) in [5.74, 6) is 0. The van der Waals surface area contributed by atoms with Crippen molar-refractivity contribution in [3.05, 3.63) is 51.4 Å². The third kappa shape index (κ3) is 1.52. The van der Waals surface area contributed by atoms with Gasteiger partial charge in [-0.25, -0.2) is 4.68 Å². The SMILES string of the molecule is Cc1[nH]n(-c2cccc(C#N)c2)c(=O)c1C. The van der Waals surface area contributed by atoms with Crippen LogP contribution in [0, 0.1) is 25.2 Å². The van der Waals surface area contributed by atoms with E-state index in [1.807, 2.05) is 13.0 Å². The Labute approximate surface area is 92.7 Å². The van der Waals surface area contributed by atoms with E-state index in [2.05, 4.69) is 5.10 Å². The second-order valence-electron chi connectivity index (χ2n) is 3.66. The van der Waals surface area contributed by atoms with E-state index in [0.717, 1.165) is 5.69 Å². The molecule has 2 aromatic rings. The Morgan fingerprint density at radius 3 is 2.69 bits per heavy atom. The lowest BCUT2D eigenvalue weighted by Crippen LogP contribution is -2.15. The molecule has 16 heavy (non-hydrogen) atoms. The number of H-pyrrole nitrogens is 1. The zero-order valence-electron chi connectivity index (χ0n) is 9.11. The summed E-state index contributed by atoms with van der Waals surface area (Å²) in [6.07, 6.45) is 0. The zero-order chi connectivity index (χ0) is 11.7. The van der Waals surface area contributed by atoms with Crippen LogP contribution in [0.5, 0.6) is 0 Å². The standard InChI is InChI=1S/C12H11N3O/c1-8-9(2)14-15(12(8)16)11-5-3-4-10(6-11)7-13/h3-6,14H,1-2H3. The smallest absolute Gasteiger partial charge is 0.274 e. The molecular formula is C12H11N3O. The highest BCUT2D eigenvalue weighted by Crippen LogP contribution is 2.08. The molecule has 0 saturated carbocycles. The fraction of sp³-hybridized carbons (Fsp3) is 0.167. The summed E-state index contributed by atoms with van der Waals surface area (Å²) >= 11 is 0. The normalized spacial score (nSPS) is 10.1. The number of aromatic amines is 1. The number of aryl methyl sites for hydroxylation is 1. The van der Waals surface area contributed by atoms with Crippen molar-refractivity contribution in [2.45, 2.75) is 13.8 Å². The van der Waals surface area contributed by atoms with E-state index < -0.39 is 0 Å². The summed E-state index contributed by atoms with van der Waals surface area (Å²) < 4.78 is 1.45. The minimum Gasteiger partial charge on any atom is -0.295 e. The molecule has 0 aliphatic carbocycles. The Morgan fingerprint density at radius 1 is 1.38 bits per heavy atom. The van der Waals surface area contributed by atoms with Gasteiger partial charge in [-0.15, -0.1) is 0 Å². The Balaban J connectivity index is 2.64. The van der Waals surface area contributed by atoms with Gasteiger partial charge in [0.05, 0.1) is 17.3 Å². The second-order valence-corrected chi connectivity index (χ2v) is 3.66. The first kappa shape index (κ1) is 10.2. The van der Waals surface area contributed by atoms with Crippen LogP contribution in [0.2, 0.25) is 0 Å². The molecular weight excluding hydrogens is 202 g/mol. The van der Waals surface area contributed by atoms with E-state index >= 15 is 0 Å². The van der Waals surface area contributed by atoms with Crippen molar-refractivity contribution in [3.63, 3.8) is 0 Å². The highest BCUT2D eigenvalue weighted by molar-refractivity contribution is 5.41. The van der Waals surface area contributed by atoms with Crippen molar-refractivity contribution in [1.82, 2.24) is 9.78 Å². The van der Waals surface area contributed by atoms with E-state index in [1.54, 1.807) is 31.2 Å². The number of aromatic nitrogens is 2. The lowest BCUT2D eigenvalue weighted by Gasteiger charge is -2.01. The molecule has 1 heterocycles. The monoisotopic (exact) mass is 213 g/mol. The summed E-state index contributed by atoms with van der Waals surface area (Å²) in [6.45, 7) is 3.63. The molecule has 4 heteroatoms. The van der Waals surface area contributed by atoms with E-state index in [4.69, 9.17) is 5.26 Å². The zero-order valence-corrected chi connectivity index (χ0v) is 9.11. The number of nitriles is 1. The Hall–Kier alpha value is -2.28. The lowest BCUT2D eigenvalue weighted by atomic mass is 10.2. The van der Waals surface area contributed by atoms with Crippen molar-refractivity contribution in [1.29, 1.82) is 5.26 Å². The molecule has 0 atom stereocenters. The van der Waals surface area contributed by atoms with Crippen LogP contribution in [0.3, 0.4) is 0 Å². The fourth-order valence-electron chi connectivity index (χ4n) is 1.53. The van der Waals surface area contributed by atoms with Gasteiger partial charge in [-0.2, -0.15) is 5.26 Å². The molecule has 80 valence electrons. The molecule has 1 aromatic heterocycles. The maximum absolute atomic E-state index is 11.8. The van der Waals surface area contributed by atoms with Gasteiger partial charge in [0, 0.05) is 11.3 Å². The fourth-order valence-corrected chi connectivity index (χ4v) is 1.53. The van der Waals surface area contributed by atoms with Crippen LogP contribution in [0.1, 0.15) is 16.8 Å². The van der Waals surface area contributed by atoms with Crippen LogP contribution < -0.4 is 5.56 Å². The number of nitrogens with zero attached hydrogens (tertiary/aromatic N) is 2. The third-order valence-electron chi connectivity index (χ3n) is 2.60. The van der Waals surface area contributed by atoms with Gasteiger partial charge in [0.25, 0.3) is 5.56 Å². The van der Waals surface area contributed by atoms with Gasteiger partial charge in [0.15, 0.2) is 0 Å². The molecule has 0 aliphatic rings. The van der Waals surface area contributed by atoms with E-state index in [-0.39, 0.29) is 5.56 Å². The summed E-state index contributed by atoms with van der Waals surface area (Å²) in [4.78, 5) is 11.8. The van der Waals surface area contributed by atoms with Gasteiger partial charge in [0.2, 0.25) is 0 Å². The van der Waals surface area contributed by atoms with Gasteiger partial charge in [-0.1, -0.05) is 6.07 Å². The number of hydrogen-bond donors (Lipinski definition) is 1. The second kappa shape index (κ2) is 3.70. The lowest BCUT2D eigenvalue weighted by molar-refractivity contribution is 0.834. The van der Waals surface area contributed by atoms with Crippen LogP contribution in [0.4, 0.5) is 0 Å². The average molecular weight is 213 g/mol. The molecule has 0 amide bonds. The molecule has 1 aromatic carbocycles. The Morgan fingerprint density at radius 2 is 2.12 bits per heavy atom. The average Bonchev–Trinajstić information content (AvgIpc) is 2.57. The van der Waals surface area contributed by atoms with Crippen molar-refractivity contribution in [2.75, 3.05) is 0 Å². The molecule has 0 saturated heterocycles. The predicted molar refractivity (Wildman–Crippen MR) is 60.6 cm³/mol. The van der Waals surface area contributed by atoms with Gasteiger partial charge < -0.3 is 0 Å². The van der Waals surface area contributed by atoms with Crippen molar-refractivity contribution >= 4 is 0 Å². The topological polar surface area (TPSA) is 61.6 Å². The van der Waals surface area contributed by atoms with Gasteiger partial charge >= 0.3 is 0 Å². The van der Waals surface area contributed by atoms with Crippen LogP contribution in [-0.2, 0) is 0 Å². The van der Waals surface area contributed by atoms with Crippen LogP contribution in [0.15, 0.2) is 29.1 Å². The van der Waals surface area contributed by atoms with E-state index in [9.17, 15) is 4.79 Å². The van der Waals surface area contributed by atoms with Crippen LogP contribution in [-0.4, -0.2) is 9.78 Å². The first-order chi connectivity index (χ1) is 7.63. The maximum Gasteiger partial charge on any atom is 0.274 e. The maximum atomic E-state index is 11.8. The molecule has 4 nitrogen and oxygen atoms in total. The summed E-state index contributed by atoms with van der Waals surface area (Å²) in [5.41, 5.74) is 2.68. The number of benzene rings is 1. The van der Waals surface area contributed by atoms with Crippen molar-refractivity contribution in [3.8, 4) is 11.8 Å². The minimum atomic E-state index is -0.0763. The number of rotatable bonds is 1. The molecule has 1 N–H and O–H groups in total. The van der Waals surface area contributed by atoms with Crippen molar-refractivity contribution < 1.29 is 0 Å². The molecule has 0 spiro atoms. The molecule has 0 bridgehead atoms. The van der Waals surface area contributed by atoms with Crippen LogP contribution >= 0.6 is 0 Å². The number of hydrogen-bond acceptors (Lipinski definition) is 2.